The molecule has 0 atom stereocenters. The van der Waals surface area contributed by atoms with Crippen molar-refractivity contribution < 1.29 is 0 Å². The first-order valence-electron chi connectivity index (χ1n) is 4.36. The van der Waals surface area contributed by atoms with Gasteiger partial charge in [-0.3, -0.25) is 4.99 Å². The summed E-state index contributed by atoms with van der Waals surface area (Å²) in [6, 6.07) is 1.76. The number of pyridine rings is 1. The smallest absolute Gasteiger partial charge is 0.140 e. The zero-order valence-corrected chi connectivity index (χ0v) is 12.4. The SMILES string of the molecule is CC(C)(C)/N=C/c1c(I)cc(Cl)nc1Cl. The fraction of sp³-hybridized carbons (Fsp3) is 0.400. The van der Waals surface area contributed by atoms with Crippen LogP contribution in [0.3, 0.4) is 0 Å². The molecular formula is C10H11Cl2IN2. The predicted molar refractivity (Wildman–Crippen MR) is 74.3 cm³/mol. The lowest BCUT2D eigenvalue weighted by atomic mass is 10.1. The number of rotatable bonds is 1. The third-order valence-corrected chi connectivity index (χ3v) is 2.89. The normalized spacial score (nSPS) is 12.4. The molecule has 1 rings (SSSR count). The van der Waals surface area contributed by atoms with Crippen LogP contribution in [0.1, 0.15) is 26.3 Å². The summed E-state index contributed by atoms with van der Waals surface area (Å²) < 4.78 is 0.950. The van der Waals surface area contributed by atoms with Crippen molar-refractivity contribution in [3.63, 3.8) is 0 Å². The first-order chi connectivity index (χ1) is 6.79. The van der Waals surface area contributed by atoms with Gasteiger partial charge < -0.3 is 0 Å². The minimum absolute atomic E-state index is 0.119. The highest BCUT2D eigenvalue weighted by atomic mass is 127. The Morgan fingerprint density at radius 1 is 1.40 bits per heavy atom. The van der Waals surface area contributed by atoms with Crippen LogP contribution in [0, 0.1) is 3.57 Å². The molecule has 0 fully saturated rings. The third kappa shape index (κ3) is 4.25. The standard InChI is InChI=1S/C10H11Cl2IN2/c1-10(2,3)14-5-6-7(13)4-8(11)15-9(6)12/h4-5H,1-3H3/b14-5+. The molecule has 5 heteroatoms. The van der Waals surface area contributed by atoms with E-state index < -0.39 is 0 Å². The minimum atomic E-state index is -0.119. The van der Waals surface area contributed by atoms with Gasteiger partial charge in [0, 0.05) is 15.3 Å². The van der Waals surface area contributed by atoms with Crippen LogP contribution < -0.4 is 0 Å². The Morgan fingerprint density at radius 2 is 2.00 bits per heavy atom. The van der Waals surface area contributed by atoms with E-state index in [-0.39, 0.29) is 5.54 Å². The summed E-state index contributed by atoms with van der Waals surface area (Å²) in [7, 11) is 0. The van der Waals surface area contributed by atoms with E-state index in [0.29, 0.717) is 10.3 Å². The summed E-state index contributed by atoms with van der Waals surface area (Å²) in [5.74, 6) is 0. The quantitative estimate of drug-likeness (QED) is 0.420. The summed E-state index contributed by atoms with van der Waals surface area (Å²) in [5, 5.41) is 0.789. The summed E-state index contributed by atoms with van der Waals surface area (Å²) in [4.78, 5) is 8.35. The Labute approximate surface area is 113 Å². The Balaban J connectivity index is 3.11. The molecule has 82 valence electrons. The first kappa shape index (κ1) is 13.2. The average molecular weight is 357 g/mol. The monoisotopic (exact) mass is 356 g/mol. The Bertz CT molecular complexity index is 374. The summed E-state index contributed by atoms with van der Waals surface area (Å²) >= 11 is 13.9. The second-order valence-electron chi connectivity index (χ2n) is 4.06. The number of nitrogens with zero attached hydrogens (tertiary/aromatic N) is 2. The fourth-order valence-electron chi connectivity index (χ4n) is 0.840. The van der Waals surface area contributed by atoms with Gasteiger partial charge in [0.1, 0.15) is 10.3 Å². The van der Waals surface area contributed by atoms with Crippen molar-refractivity contribution in [3.8, 4) is 0 Å². The van der Waals surface area contributed by atoms with Gasteiger partial charge in [-0.15, -0.1) is 0 Å². The molecule has 0 radical (unpaired) electrons. The zero-order chi connectivity index (χ0) is 11.6. The maximum Gasteiger partial charge on any atom is 0.140 e. The number of halogens is 3. The van der Waals surface area contributed by atoms with Crippen LogP contribution in [0.25, 0.3) is 0 Å². The van der Waals surface area contributed by atoms with E-state index >= 15 is 0 Å². The van der Waals surface area contributed by atoms with Crippen LogP contribution in [0.5, 0.6) is 0 Å². The molecule has 2 nitrogen and oxygen atoms in total. The molecule has 0 aliphatic carbocycles. The van der Waals surface area contributed by atoms with Gasteiger partial charge in [0.15, 0.2) is 0 Å². The fourth-order valence-corrected chi connectivity index (χ4v) is 2.35. The number of aromatic nitrogens is 1. The van der Waals surface area contributed by atoms with Gasteiger partial charge in [-0.1, -0.05) is 23.2 Å². The molecule has 0 bridgehead atoms. The van der Waals surface area contributed by atoms with E-state index in [4.69, 9.17) is 23.2 Å². The van der Waals surface area contributed by atoms with Gasteiger partial charge in [-0.25, -0.2) is 4.98 Å². The summed E-state index contributed by atoms with van der Waals surface area (Å²) in [5.41, 5.74) is 0.697. The van der Waals surface area contributed by atoms with Crippen molar-refractivity contribution in [2.45, 2.75) is 26.3 Å². The van der Waals surface area contributed by atoms with Gasteiger partial charge in [0.25, 0.3) is 0 Å². The maximum absolute atomic E-state index is 5.97. The van der Waals surface area contributed by atoms with E-state index in [0.717, 1.165) is 9.13 Å². The average Bonchev–Trinajstić information content (AvgIpc) is 1.99. The van der Waals surface area contributed by atoms with Crippen LogP contribution in [-0.2, 0) is 0 Å². The highest BCUT2D eigenvalue weighted by Gasteiger charge is 2.09. The molecule has 1 aromatic rings. The molecule has 0 N–H and O–H groups in total. The molecule has 0 spiro atoms. The molecule has 0 aliphatic rings. The van der Waals surface area contributed by atoms with E-state index in [1.807, 2.05) is 20.8 Å². The van der Waals surface area contributed by atoms with Crippen molar-refractivity contribution in [1.29, 1.82) is 0 Å². The second-order valence-corrected chi connectivity index (χ2v) is 5.97. The van der Waals surface area contributed by atoms with E-state index in [9.17, 15) is 0 Å². The summed E-state index contributed by atoms with van der Waals surface area (Å²) in [6.45, 7) is 6.06. The Morgan fingerprint density at radius 3 is 2.47 bits per heavy atom. The molecule has 0 saturated carbocycles. The summed E-state index contributed by atoms with van der Waals surface area (Å²) in [6.07, 6.45) is 1.74. The van der Waals surface area contributed by atoms with Crippen LogP contribution >= 0.6 is 45.8 Å². The highest BCUT2D eigenvalue weighted by Crippen LogP contribution is 2.22. The van der Waals surface area contributed by atoms with Crippen molar-refractivity contribution >= 4 is 52.0 Å². The lowest BCUT2D eigenvalue weighted by Gasteiger charge is -2.11. The van der Waals surface area contributed by atoms with Gasteiger partial charge in [0.2, 0.25) is 0 Å². The van der Waals surface area contributed by atoms with Crippen molar-refractivity contribution in [3.05, 3.63) is 25.5 Å². The largest absolute Gasteiger partial charge is 0.287 e. The highest BCUT2D eigenvalue weighted by molar-refractivity contribution is 14.1. The number of hydrogen-bond donors (Lipinski definition) is 0. The van der Waals surface area contributed by atoms with Crippen molar-refractivity contribution in [2.24, 2.45) is 4.99 Å². The molecule has 1 aromatic heterocycles. The van der Waals surface area contributed by atoms with E-state index in [1.165, 1.54) is 0 Å². The maximum atomic E-state index is 5.97. The molecule has 0 amide bonds. The second kappa shape index (κ2) is 4.97. The van der Waals surface area contributed by atoms with Gasteiger partial charge in [-0.2, -0.15) is 0 Å². The van der Waals surface area contributed by atoms with E-state index in [2.05, 4.69) is 32.6 Å². The number of aliphatic imine (C=N–C) groups is 1. The Kier molecular flexibility index (Phi) is 4.38. The lowest BCUT2D eigenvalue weighted by molar-refractivity contribution is 0.586. The Hall–Kier alpha value is 0.130. The van der Waals surface area contributed by atoms with E-state index in [1.54, 1.807) is 12.3 Å². The molecule has 1 heterocycles. The van der Waals surface area contributed by atoms with Crippen LogP contribution in [0.4, 0.5) is 0 Å². The number of hydrogen-bond acceptors (Lipinski definition) is 2. The van der Waals surface area contributed by atoms with Gasteiger partial charge >= 0.3 is 0 Å². The van der Waals surface area contributed by atoms with Crippen LogP contribution in [0.15, 0.2) is 11.1 Å². The first-order valence-corrected chi connectivity index (χ1v) is 6.20. The van der Waals surface area contributed by atoms with Crippen molar-refractivity contribution in [1.82, 2.24) is 4.98 Å². The van der Waals surface area contributed by atoms with Gasteiger partial charge in [0.05, 0.1) is 5.54 Å². The molecule has 0 saturated heterocycles. The molecular weight excluding hydrogens is 346 g/mol. The van der Waals surface area contributed by atoms with Crippen LogP contribution in [-0.4, -0.2) is 16.7 Å². The van der Waals surface area contributed by atoms with Crippen LogP contribution in [0.2, 0.25) is 10.3 Å². The third-order valence-electron chi connectivity index (χ3n) is 1.51. The lowest BCUT2D eigenvalue weighted by Crippen LogP contribution is -2.10. The zero-order valence-electron chi connectivity index (χ0n) is 8.68. The molecule has 0 aliphatic heterocycles. The molecule has 0 aromatic carbocycles. The molecule has 0 unspecified atom stereocenters. The minimum Gasteiger partial charge on any atom is -0.287 e. The topological polar surface area (TPSA) is 25.2 Å². The van der Waals surface area contributed by atoms with Crippen molar-refractivity contribution in [2.75, 3.05) is 0 Å². The van der Waals surface area contributed by atoms with Gasteiger partial charge in [-0.05, 0) is 49.4 Å². The predicted octanol–water partition coefficient (Wildman–Crippen LogP) is 4.21. The molecule has 15 heavy (non-hydrogen) atoms.